The monoisotopic (exact) mass is 742 g/mol. The molecule has 4 heterocycles. The lowest BCUT2D eigenvalue weighted by Gasteiger charge is -2.23. The summed E-state index contributed by atoms with van der Waals surface area (Å²) in [4.78, 5) is 19.0. The van der Waals surface area contributed by atoms with Gasteiger partial charge in [-0.2, -0.15) is 0 Å². The molecule has 7 aromatic carbocycles. The third-order valence-electron chi connectivity index (χ3n) is 11.7. The van der Waals surface area contributed by atoms with Crippen LogP contribution < -0.4 is 0 Å². The molecular formula is C54H38N4. The van der Waals surface area contributed by atoms with E-state index >= 15 is 0 Å². The standard InChI is InChI=1S/C54H38N4/c1-54(2,3)43-28-39-18-22-44-46(34-10-8-33(9-11-34)41-6-4-26-55-31-41)30-47(45-23-19-40(29-43)50(39)51(44)45)35-12-14-36(15-13-35)48-24-20-37-16-17-38-21-25-49(42-7-5-27-56-32-42)58-53(38)52(37)57-48/h4-32H,1-3H3. The van der Waals surface area contributed by atoms with Crippen LogP contribution >= 0.6 is 0 Å². The fourth-order valence-electron chi connectivity index (χ4n) is 8.63. The Morgan fingerprint density at radius 1 is 0.379 bits per heavy atom. The Labute approximate surface area is 336 Å². The molecular weight excluding hydrogens is 705 g/mol. The molecule has 0 radical (unpaired) electrons. The Morgan fingerprint density at radius 2 is 0.845 bits per heavy atom. The van der Waals surface area contributed by atoms with Crippen LogP contribution in [0.2, 0.25) is 0 Å². The summed E-state index contributed by atoms with van der Waals surface area (Å²) in [5.74, 6) is 0. The molecule has 0 aliphatic carbocycles. The Kier molecular flexibility index (Phi) is 7.70. The van der Waals surface area contributed by atoms with Crippen molar-refractivity contribution in [2.45, 2.75) is 26.2 Å². The van der Waals surface area contributed by atoms with Gasteiger partial charge in [-0.15, -0.1) is 0 Å². The number of hydrogen-bond donors (Lipinski definition) is 0. The summed E-state index contributed by atoms with van der Waals surface area (Å²) in [6.07, 6.45) is 7.38. The van der Waals surface area contributed by atoms with Crippen LogP contribution in [0, 0.1) is 0 Å². The molecule has 4 nitrogen and oxygen atoms in total. The van der Waals surface area contributed by atoms with Crippen LogP contribution in [-0.4, -0.2) is 19.9 Å². The summed E-state index contributed by atoms with van der Waals surface area (Å²) in [7, 11) is 0. The molecule has 4 heteroatoms. The van der Waals surface area contributed by atoms with E-state index < -0.39 is 0 Å². The van der Waals surface area contributed by atoms with Crippen molar-refractivity contribution in [2.75, 3.05) is 0 Å². The fraction of sp³-hybridized carbons (Fsp3) is 0.0741. The van der Waals surface area contributed by atoms with Crippen molar-refractivity contribution in [1.82, 2.24) is 19.9 Å². The summed E-state index contributed by atoms with van der Waals surface area (Å²) in [6, 6.07) is 55.1. The molecule has 0 bridgehead atoms. The Balaban J connectivity index is 1.06. The third kappa shape index (κ3) is 5.68. The van der Waals surface area contributed by atoms with E-state index in [0.29, 0.717) is 0 Å². The molecule has 0 aliphatic heterocycles. The van der Waals surface area contributed by atoms with Gasteiger partial charge in [-0.25, -0.2) is 9.97 Å². The maximum Gasteiger partial charge on any atom is 0.0972 e. The van der Waals surface area contributed by atoms with E-state index in [1.807, 2.05) is 36.8 Å². The number of fused-ring (bicyclic) bond motifs is 3. The van der Waals surface area contributed by atoms with Crippen LogP contribution in [0.4, 0.5) is 0 Å². The molecule has 0 aliphatic rings. The highest BCUT2D eigenvalue weighted by molar-refractivity contribution is 6.28. The van der Waals surface area contributed by atoms with Crippen LogP contribution in [-0.2, 0) is 5.41 Å². The van der Waals surface area contributed by atoms with E-state index in [-0.39, 0.29) is 5.41 Å². The first-order valence-corrected chi connectivity index (χ1v) is 19.8. The zero-order valence-electron chi connectivity index (χ0n) is 32.5. The van der Waals surface area contributed by atoms with E-state index in [2.05, 4.69) is 164 Å². The minimum absolute atomic E-state index is 0.0465. The Morgan fingerprint density at radius 3 is 1.36 bits per heavy atom. The van der Waals surface area contributed by atoms with Gasteiger partial charge in [-0.3, -0.25) is 9.97 Å². The second-order valence-corrected chi connectivity index (χ2v) is 16.4. The number of nitrogens with zero attached hydrogens (tertiary/aromatic N) is 4. The van der Waals surface area contributed by atoms with Crippen LogP contribution in [0.5, 0.6) is 0 Å². The molecule has 0 fully saturated rings. The van der Waals surface area contributed by atoms with Crippen molar-refractivity contribution in [2.24, 2.45) is 0 Å². The van der Waals surface area contributed by atoms with Crippen molar-refractivity contribution in [1.29, 1.82) is 0 Å². The highest BCUT2D eigenvalue weighted by atomic mass is 14.8. The number of pyridine rings is 4. The minimum atomic E-state index is 0.0465. The zero-order valence-corrected chi connectivity index (χ0v) is 32.5. The predicted octanol–water partition coefficient (Wildman–Crippen LogP) is 14.1. The molecule has 0 atom stereocenters. The maximum atomic E-state index is 5.24. The van der Waals surface area contributed by atoms with Crippen molar-refractivity contribution in [3.8, 4) is 55.9 Å². The van der Waals surface area contributed by atoms with Gasteiger partial charge in [-0.1, -0.05) is 136 Å². The van der Waals surface area contributed by atoms with Crippen LogP contribution in [0.25, 0.3) is 110 Å². The minimum Gasteiger partial charge on any atom is -0.264 e. The van der Waals surface area contributed by atoms with E-state index in [4.69, 9.17) is 9.97 Å². The smallest absolute Gasteiger partial charge is 0.0972 e. The Hall–Kier alpha value is -7.30. The molecule has 58 heavy (non-hydrogen) atoms. The van der Waals surface area contributed by atoms with Gasteiger partial charge < -0.3 is 0 Å². The van der Waals surface area contributed by atoms with Crippen molar-refractivity contribution < 1.29 is 0 Å². The van der Waals surface area contributed by atoms with Gasteiger partial charge in [0.2, 0.25) is 0 Å². The average molecular weight is 743 g/mol. The first kappa shape index (κ1) is 34.0. The summed E-state index contributed by atoms with van der Waals surface area (Å²) in [6.45, 7) is 6.88. The van der Waals surface area contributed by atoms with Crippen molar-refractivity contribution >= 4 is 54.1 Å². The zero-order chi connectivity index (χ0) is 39.0. The van der Waals surface area contributed by atoms with Crippen LogP contribution in [0.15, 0.2) is 176 Å². The number of hydrogen-bond acceptors (Lipinski definition) is 4. The Bertz CT molecular complexity index is 3310. The van der Waals surface area contributed by atoms with Gasteiger partial charge in [0.15, 0.2) is 0 Å². The highest BCUT2D eigenvalue weighted by Crippen LogP contribution is 2.45. The first-order valence-electron chi connectivity index (χ1n) is 19.8. The molecule has 0 N–H and O–H groups in total. The average Bonchev–Trinajstić information content (AvgIpc) is 3.28. The highest BCUT2D eigenvalue weighted by Gasteiger charge is 2.20. The van der Waals surface area contributed by atoms with Gasteiger partial charge in [0.1, 0.15) is 0 Å². The van der Waals surface area contributed by atoms with Crippen molar-refractivity contribution in [3.05, 3.63) is 182 Å². The number of rotatable bonds is 5. The molecule has 11 rings (SSSR count). The molecule has 0 spiro atoms. The van der Waals surface area contributed by atoms with Crippen LogP contribution in [0.1, 0.15) is 26.3 Å². The quantitative estimate of drug-likeness (QED) is 0.165. The largest absolute Gasteiger partial charge is 0.264 e. The summed E-state index contributed by atoms with van der Waals surface area (Å²) >= 11 is 0. The summed E-state index contributed by atoms with van der Waals surface area (Å²) < 4.78 is 0. The lowest BCUT2D eigenvalue weighted by molar-refractivity contribution is 0.591. The molecule has 0 unspecified atom stereocenters. The second kappa shape index (κ2) is 13.1. The normalized spacial score (nSPS) is 12.1. The molecule has 11 aromatic rings. The number of aromatic nitrogens is 4. The SMILES string of the molecule is CC(C)(C)c1cc2ccc3c(-c4ccc(-c5cccnc5)cc4)cc(-c4ccc(-c5ccc6ccc7ccc(-c8cccnc8)nc7c6n5)cc4)c4ccc(c1)c2c34. The second-order valence-electron chi connectivity index (χ2n) is 16.4. The van der Waals surface area contributed by atoms with Crippen molar-refractivity contribution in [3.63, 3.8) is 0 Å². The molecule has 0 amide bonds. The van der Waals surface area contributed by atoms with Gasteiger partial charge in [0.05, 0.1) is 22.4 Å². The fourth-order valence-corrected chi connectivity index (χ4v) is 8.63. The van der Waals surface area contributed by atoms with Gasteiger partial charge in [0, 0.05) is 46.7 Å². The molecule has 0 saturated carbocycles. The van der Waals surface area contributed by atoms with E-state index in [9.17, 15) is 0 Å². The van der Waals surface area contributed by atoms with Crippen LogP contribution in [0.3, 0.4) is 0 Å². The predicted molar refractivity (Wildman–Crippen MR) is 242 cm³/mol. The van der Waals surface area contributed by atoms with E-state index in [1.54, 1.807) is 6.20 Å². The molecule has 274 valence electrons. The topological polar surface area (TPSA) is 51.6 Å². The summed E-state index contributed by atoms with van der Waals surface area (Å²) in [5.41, 5.74) is 14.1. The third-order valence-corrected chi connectivity index (χ3v) is 11.7. The lowest BCUT2D eigenvalue weighted by Crippen LogP contribution is -2.10. The maximum absolute atomic E-state index is 5.24. The summed E-state index contributed by atoms with van der Waals surface area (Å²) in [5, 5.41) is 9.84. The van der Waals surface area contributed by atoms with E-state index in [0.717, 1.165) is 55.4 Å². The van der Waals surface area contributed by atoms with E-state index in [1.165, 1.54) is 60.1 Å². The van der Waals surface area contributed by atoms with Gasteiger partial charge >= 0.3 is 0 Å². The van der Waals surface area contributed by atoms with Gasteiger partial charge in [-0.05, 0) is 113 Å². The lowest BCUT2D eigenvalue weighted by atomic mass is 9.81. The molecule has 0 saturated heterocycles. The van der Waals surface area contributed by atoms with Gasteiger partial charge in [0.25, 0.3) is 0 Å². The first-order chi connectivity index (χ1) is 28.4. The number of benzene rings is 7. The molecule has 4 aromatic heterocycles.